The summed E-state index contributed by atoms with van der Waals surface area (Å²) in [6.45, 7) is 3.26. The average Bonchev–Trinajstić information content (AvgIpc) is 3.21. The maximum Gasteiger partial charge on any atom is 0.306 e. The number of allylic oxidation sites excluding steroid dienone is 10. The number of aliphatic hydroxyl groups is 4. The topological polar surface area (TPSA) is 152 Å². The molecule has 0 radical (unpaired) electrons. The number of rotatable bonds is 36. The molecule has 0 aromatic heterocycles. The van der Waals surface area contributed by atoms with E-state index in [2.05, 4.69) is 74.6 Å². The summed E-state index contributed by atoms with van der Waals surface area (Å²) in [7, 11) is 0. The van der Waals surface area contributed by atoms with E-state index in [1.807, 2.05) is 0 Å². The maximum absolute atomic E-state index is 12.8. The molecule has 0 saturated carbocycles. The number of aliphatic hydroxyl groups excluding tert-OH is 4. The highest BCUT2D eigenvalue weighted by Crippen LogP contribution is 2.22. The molecular weight excluding hydrogens is 725 g/mol. The Morgan fingerprint density at radius 2 is 1.04 bits per heavy atom. The lowest BCUT2D eigenvalue weighted by Gasteiger charge is -2.39. The molecule has 1 aliphatic rings. The zero-order valence-corrected chi connectivity index (χ0v) is 35.6. The highest BCUT2D eigenvalue weighted by atomic mass is 16.7. The first kappa shape index (κ1) is 52.4. The van der Waals surface area contributed by atoms with Crippen LogP contribution < -0.4 is 0 Å². The van der Waals surface area contributed by atoms with Gasteiger partial charge in [-0.25, -0.2) is 0 Å². The Bertz CT molecular complexity index is 1110. The first-order valence-electron chi connectivity index (χ1n) is 22.4. The second-order valence-electron chi connectivity index (χ2n) is 15.1. The molecule has 4 N–H and O–H groups in total. The summed E-state index contributed by atoms with van der Waals surface area (Å²) in [6.07, 6.45) is 37.9. The van der Waals surface area contributed by atoms with Gasteiger partial charge in [-0.3, -0.25) is 9.59 Å². The lowest BCUT2D eigenvalue weighted by atomic mass is 9.99. The van der Waals surface area contributed by atoms with Crippen molar-refractivity contribution >= 4 is 11.9 Å². The predicted molar refractivity (Wildman–Crippen MR) is 228 cm³/mol. The van der Waals surface area contributed by atoms with E-state index >= 15 is 0 Å². The number of carbonyl (C=O) groups excluding carboxylic acids is 2. The zero-order valence-electron chi connectivity index (χ0n) is 35.6. The van der Waals surface area contributed by atoms with Crippen LogP contribution in [0.3, 0.4) is 0 Å². The summed E-state index contributed by atoms with van der Waals surface area (Å²) in [5.74, 6) is -0.837. The largest absolute Gasteiger partial charge is 0.462 e. The van der Waals surface area contributed by atoms with Crippen molar-refractivity contribution in [3.05, 3.63) is 60.8 Å². The van der Waals surface area contributed by atoms with Crippen molar-refractivity contribution in [3.63, 3.8) is 0 Å². The molecule has 57 heavy (non-hydrogen) atoms. The van der Waals surface area contributed by atoms with Gasteiger partial charge in [-0.05, 0) is 77.0 Å². The Balaban J connectivity index is 2.35. The number of esters is 2. The van der Waals surface area contributed by atoms with Crippen LogP contribution in [0.25, 0.3) is 0 Å². The molecule has 6 unspecified atom stereocenters. The number of hydrogen-bond acceptors (Lipinski definition) is 10. The van der Waals surface area contributed by atoms with Crippen LogP contribution in [0.2, 0.25) is 0 Å². The van der Waals surface area contributed by atoms with Crippen molar-refractivity contribution in [2.75, 3.05) is 19.8 Å². The third-order valence-corrected chi connectivity index (χ3v) is 9.89. The monoisotopic (exact) mass is 805 g/mol. The van der Waals surface area contributed by atoms with Gasteiger partial charge in [0.15, 0.2) is 12.4 Å². The first-order valence-corrected chi connectivity index (χ1v) is 22.4. The van der Waals surface area contributed by atoms with Gasteiger partial charge >= 0.3 is 11.9 Å². The van der Waals surface area contributed by atoms with E-state index in [0.29, 0.717) is 12.8 Å². The van der Waals surface area contributed by atoms with Gasteiger partial charge in [-0.15, -0.1) is 0 Å². The van der Waals surface area contributed by atoms with E-state index in [0.717, 1.165) is 103 Å². The van der Waals surface area contributed by atoms with Crippen molar-refractivity contribution in [2.24, 2.45) is 0 Å². The first-order chi connectivity index (χ1) is 27.8. The standard InChI is InChI=1S/C47H80O10/c1-3-5-7-9-11-13-15-17-18-19-20-21-22-24-26-28-30-32-34-36-43(50)56-40(39-55-47-46(53)45(52)44(51)41(37-48)57-47)38-54-42(49)35-33-31-29-27-25-23-16-14-12-10-8-6-4-2/h5,7,11,13-14,16-18,20-21,40-41,44-48,51-53H,3-4,6,8-10,12,15,19,22-39H2,1-2H3/b7-5-,13-11-,16-14-,18-17-,21-20-. The van der Waals surface area contributed by atoms with E-state index in [-0.39, 0.29) is 26.1 Å². The van der Waals surface area contributed by atoms with Crippen molar-refractivity contribution in [1.82, 2.24) is 0 Å². The highest BCUT2D eigenvalue weighted by Gasteiger charge is 2.44. The minimum atomic E-state index is -1.60. The molecule has 328 valence electrons. The van der Waals surface area contributed by atoms with E-state index in [9.17, 15) is 30.0 Å². The maximum atomic E-state index is 12.8. The van der Waals surface area contributed by atoms with Gasteiger partial charge in [0, 0.05) is 12.8 Å². The van der Waals surface area contributed by atoms with Gasteiger partial charge in [0.1, 0.15) is 31.0 Å². The average molecular weight is 805 g/mol. The summed E-state index contributed by atoms with van der Waals surface area (Å²) in [6, 6.07) is 0. The third-order valence-electron chi connectivity index (χ3n) is 9.89. The van der Waals surface area contributed by atoms with E-state index in [1.165, 1.54) is 25.7 Å². The van der Waals surface area contributed by atoms with E-state index in [1.54, 1.807) is 0 Å². The second kappa shape index (κ2) is 37.7. The molecule has 10 heteroatoms. The van der Waals surface area contributed by atoms with Crippen LogP contribution in [0.4, 0.5) is 0 Å². The van der Waals surface area contributed by atoms with Crippen LogP contribution in [-0.2, 0) is 28.5 Å². The Kier molecular flexibility index (Phi) is 34.6. The number of carbonyl (C=O) groups is 2. The molecule has 1 heterocycles. The zero-order chi connectivity index (χ0) is 41.6. The van der Waals surface area contributed by atoms with Gasteiger partial charge < -0.3 is 39.4 Å². The van der Waals surface area contributed by atoms with Gasteiger partial charge in [0.25, 0.3) is 0 Å². The third kappa shape index (κ3) is 29.3. The lowest BCUT2D eigenvalue weighted by Crippen LogP contribution is -2.59. The predicted octanol–water partition coefficient (Wildman–Crippen LogP) is 9.44. The highest BCUT2D eigenvalue weighted by molar-refractivity contribution is 5.70. The van der Waals surface area contributed by atoms with Crippen molar-refractivity contribution in [1.29, 1.82) is 0 Å². The quantitative estimate of drug-likeness (QED) is 0.0274. The Morgan fingerprint density at radius 3 is 1.58 bits per heavy atom. The molecule has 0 bridgehead atoms. The fourth-order valence-corrected chi connectivity index (χ4v) is 6.35. The molecule has 1 rings (SSSR count). The van der Waals surface area contributed by atoms with Crippen LogP contribution in [0.15, 0.2) is 60.8 Å². The molecule has 10 nitrogen and oxygen atoms in total. The SMILES string of the molecule is CC/C=C\C/C=C\C/C=C\C/C=C\CCCCCCCCC(=O)OC(COC(=O)CCCCCCC/C=C\CCCCCC)COC1OC(CO)C(O)C(O)C1O. The van der Waals surface area contributed by atoms with Crippen LogP contribution in [0.1, 0.15) is 168 Å². The molecule has 0 spiro atoms. The van der Waals surface area contributed by atoms with E-state index < -0.39 is 55.4 Å². The van der Waals surface area contributed by atoms with Gasteiger partial charge in [0.05, 0.1) is 13.2 Å². The summed E-state index contributed by atoms with van der Waals surface area (Å²) in [5.41, 5.74) is 0. The summed E-state index contributed by atoms with van der Waals surface area (Å²) >= 11 is 0. The number of ether oxygens (including phenoxy) is 4. The lowest BCUT2D eigenvalue weighted by molar-refractivity contribution is -0.305. The number of unbranched alkanes of at least 4 members (excludes halogenated alkanes) is 15. The molecule has 6 atom stereocenters. The smallest absolute Gasteiger partial charge is 0.306 e. The second-order valence-corrected chi connectivity index (χ2v) is 15.1. The molecule has 1 fully saturated rings. The number of hydrogen-bond donors (Lipinski definition) is 4. The Morgan fingerprint density at radius 1 is 0.561 bits per heavy atom. The molecule has 0 aromatic carbocycles. The van der Waals surface area contributed by atoms with Crippen molar-refractivity contribution in [2.45, 2.75) is 205 Å². The van der Waals surface area contributed by atoms with Crippen LogP contribution in [-0.4, -0.2) is 89.0 Å². The molecule has 0 aliphatic carbocycles. The van der Waals surface area contributed by atoms with Crippen molar-refractivity contribution < 1.29 is 49.0 Å². The molecule has 1 aliphatic heterocycles. The summed E-state index contributed by atoms with van der Waals surface area (Å²) < 4.78 is 22.1. The van der Waals surface area contributed by atoms with Crippen LogP contribution in [0, 0.1) is 0 Å². The van der Waals surface area contributed by atoms with Gasteiger partial charge in [0.2, 0.25) is 0 Å². The summed E-state index contributed by atoms with van der Waals surface area (Å²) in [5, 5.41) is 40.1. The van der Waals surface area contributed by atoms with Gasteiger partial charge in [-0.2, -0.15) is 0 Å². The van der Waals surface area contributed by atoms with Gasteiger partial charge in [-0.1, -0.05) is 139 Å². The van der Waals surface area contributed by atoms with Crippen LogP contribution >= 0.6 is 0 Å². The molecular formula is C47H80O10. The summed E-state index contributed by atoms with van der Waals surface area (Å²) in [4.78, 5) is 25.3. The fourth-order valence-electron chi connectivity index (χ4n) is 6.35. The fraction of sp³-hybridized carbons (Fsp3) is 0.745. The van der Waals surface area contributed by atoms with E-state index in [4.69, 9.17) is 18.9 Å². The normalized spacial score (nSPS) is 20.8. The Labute approximate surface area is 345 Å². The molecule has 0 aromatic rings. The van der Waals surface area contributed by atoms with Crippen LogP contribution in [0.5, 0.6) is 0 Å². The van der Waals surface area contributed by atoms with Crippen molar-refractivity contribution in [3.8, 4) is 0 Å². The minimum Gasteiger partial charge on any atom is -0.462 e. The molecule has 0 amide bonds. The Hall–Kier alpha value is -2.60. The minimum absolute atomic E-state index is 0.210. The molecule has 1 saturated heterocycles.